The van der Waals surface area contributed by atoms with Gasteiger partial charge in [-0.1, -0.05) is 64.5 Å². The summed E-state index contributed by atoms with van der Waals surface area (Å²) in [6, 6.07) is 6.06. The minimum absolute atomic E-state index is 0.0622. The Bertz CT molecular complexity index is 961. The summed E-state index contributed by atoms with van der Waals surface area (Å²) in [4.78, 5) is 28.6. The maximum absolute atomic E-state index is 14.3. The molecule has 3 aliphatic rings. The molecule has 4 atom stereocenters. The number of hydrogen-bond acceptors (Lipinski definition) is 7. The molecule has 4 rings (SSSR count). The fourth-order valence-corrected chi connectivity index (χ4v) is 6.52. The van der Waals surface area contributed by atoms with E-state index in [1.165, 1.54) is 6.42 Å². The molecular weight excluding hydrogens is 506 g/mol. The number of rotatable bonds is 6. The lowest BCUT2D eigenvalue weighted by molar-refractivity contribution is -0.152. The summed E-state index contributed by atoms with van der Waals surface area (Å²) in [6.07, 6.45) is 7.03. The number of ether oxygens (including phenoxy) is 1. The number of aliphatic hydroxyl groups is 1. The van der Waals surface area contributed by atoms with Gasteiger partial charge < -0.3 is 20.1 Å². The molecule has 2 aliphatic heterocycles. The lowest BCUT2D eigenvalue weighted by Crippen LogP contribution is -2.66. The zero-order valence-corrected chi connectivity index (χ0v) is 23.9. The molecule has 0 bridgehead atoms. The lowest BCUT2D eigenvalue weighted by Gasteiger charge is -2.49. The molecule has 38 heavy (non-hydrogen) atoms. The van der Waals surface area contributed by atoms with Gasteiger partial charge in [-0.15, -0.1) is 0 Å². The number of likely N-dealkylation sites (N-methyl/N-ethyl adjacent to an activating group) is 1. The second kappa shape index (κ2) is 12.1. The second-order valence-electron chi connectivity index (χ2n) is 12.1. The first-order valence-corrected chi connectivity index (χ1v) is 14.3. The van der Waals surface area contributed by atoms with Gasteiger partial charge in [-0.3, -0.25) is 9.59 Å². The molecule has 9 nitrogen and oxygen atoms in total. The normalized spacial score (nSPS) is 27.1. The lowest BCUT2D eigenvalue weighted by atomic mass is 9.75. The van der Waals surface area contributed by atoms with Crippen LogP contribution < -0.4 is 21.0 Å². The average Bonchev–Trinajstić information content (AvgIpc) is 3.41. The molecule has 1 aromatic carbocycles. The van der Waals surface area contributed by atoms with E-state index in [9.17, 15) is 14.7 Å². The van der Waals surface area contributed by atoms with Crippen LogP contribution in [0.15, 0.2) is 24.3 Å². The van der Waals surface area contributed by atoms with Crippen LogP contribution in [0.5, 0.6) is 5.75 Å². The minimum atomic E-state index is -0.720. The molecule has 0 aromatic heterocycles. The number of nitrogens with zero attached hydrogens (tertiary/aromatic N) is 2. The highest BCUT2D eigenvalue weighted by molar-refractivity contribution is 6.30. The van der Waals surface area contributed by atoms with E-state index >= 15 is 0 Å². The van der Waals surface area contributed by atoms with Crippen molar-refractivity contribution in [2.75, 3.05) is 20.2 Å². The van der Waals surface area contributed by atoms with Crippen LogP contribution >= 0.6 is 11.6 Å². The number of carbonyl (C=O) groups excluding carboxylic acids is 2. The van der Waals surface area contributed by atoms with E-state index < -0.39 is 23.6 Å². The van der Waals surface area contributed by atoms with E-state index in [1.807, 2.05) is 24.3 Å². The predicted octanol–water partition coefficient (Wildman–Crippen LogP) is 3.02. The highest BCUT2D eigenvalue weighted by Crippen LogP contribution is 2.42. The number of β-amino-alcohol motifs (C(OH)–C–C–N with tert-alkyl or cyclic N) is 1. The molecule has 4 N–H and O–H groups in total. The number of hydrogen-bond donors (Lipinski definition) is 4. The summed E-state index contributed by atoms with van der Waals surface area (Å²) in [5, 5.41) is 15.9. The number of amides is 2. The number of carbonyl (C=O) groups is 2. The van der Waals surface area contributed by atoms with Gasteiger partial charge in [-0.05, 0) is 42.5 Å². The molecule has 1 spiro atoms. The highest BCUT2D eigenvalue weighted by Gasteiger charge is 2.56. The summed E-state index contributed by atoms with van der Waals surface area (Å²) < 4.78 is 6.23. The Hall–Kier alpha value is -1.91. The zero-order valence-electron chi connectivity index (χ0n) is 23.1. The molecule has 2 heterocycles. The minimum Gasteiger partial charge on any atom is -0.492 e. The van der Waals surface area contributed by atoms with Gasteiger partial charge in [0, 0.05) is 25.0 Å². The van der Waals surface area contributed by atoms with Gasteiger partial charge in [0.15, 0.2) is 0 Å². The third-order valence-corrected chi connectivity index (χ3v) is 8.61. The Morgan fingerprint density at radius 2 is 1.79 bits per heavy atom. The number of aliphatic hydroxyl groups excluding tert-OH is 1. The standard InChI is InChI=1S/C28H44ClN5O4/c1-27(2,3)24(26(37)33-17-20(35)16-22(33)25(36)30-4)34-28(14-8-6-5-7-9-15-28)23(31-32-34)18-38-21-12-10-19(29)11-13-21/h10-13,20,22-24,31-32,35H,5-9,14-18H2,1-4H3,(H,30,36)/t20-,22+,23?,24-/m1/s1. The van der Waals surface area contributed by atoms with Crippen molar-refractivity contribution in [3.8, 4) is 5.75 Å². The van der Waals surface area contributed by atoms with Gasteiger partial charge >= 0.3 is 0 Å². The molecular formula is C28H44ClN5O4. The molecule has 0 radical (unpaired) electrons. The quantitative estimate of drug-likeness (QED) is 0.432. The van der Waals surface area contributed by atoms with Gasteiger partial charge in [-0.2, -0.15) is 5.53 Å². The van der Waals surface area contributed by atoms with E-state index in [0.717, 1.165) is 44.3 Å². The monoisotopic (exact) mass is 549 g/mol. The third-order valence-electron chi connectivity index (χ3n) is 8.36. The predicted molar refractivity (Wildman–Crippen MR) is 147 cm³/mol. The maximum Gasteiger partial charge on any atom is 0.242 e. The second-order valence-corrected chi connectivity index (χ2v) is 12.5. The van der Waals surface area contributed by atoms with Crippen LogP contribution in [0.2, 0.25) is 5.02 Å². The molecule has 10 heteroatoms. The number of likely N-dealkylation sites (tertiary alicyclic amines) is 1. The van der Waals surface area contributed by atoms with Gasteiger partial charge in [0.1, 0.15) is 24.4 Å². The average molecular weight is 550 g/mol. The number of nitrogens with one attached hydrogen (secondary N) is 3. The van der Waals surface area contributed by atoms with E-state index in [2.05, 4.69) is 42.1 Å². The van der Waals surface area contributed by atoms with Crippen LogP contribution in [-0.2, 0) is 9.59 Å². The van der Waals surface area contributed by atoms with E-state index in [4.69, 9.17) is 16.3 Å². The largest absolute Gasteiger partial charge is 0.492 e. The third kappa shape index (κ3) is 6.12. The Morgan fingerprint density at radius 3 is 2.39 bits per heavy atom. The van der Waals surface area contributed by atoms with Crippen molar-refractivity contribution >= 4 is 23.4 Å². The van der Waals surface area contributed by atoms with E-state index in [1.54, 1.807) is 11.9 Å². The van der Waals surface area contributed by atoms with Crippen molar-refractivity contribution < 1.29 is 19.4 Å². The van der Waals surface area contributed by atoms with Crippen molar-refractivity contribution in [1.82, 2.24) is 26.2 Å². The molecule has 1 saturated carbocycles. The molecule has 1 aromatic rings. The summed E-state index contributed by atoms with van der Waals surface area (Å²) in [6.45, 7) is 6.77. The number of halogens is 1. The van der Waals surface area contributed by atoms with Crippen molar-refractivity contribution in [3.05, 3.63) is 29.3 Å². The molecule has 3 fully saturated rings. The topological polar surface area (TPSA) is 106 Å². The van der Waals surface area contributed by atoms with Crippen LogP contribution in [-0.4, -0.2) is 76.8 Å². The Morgan fingerprint density at radius 1 is 1.16 bits per heavy atom. The Kier molecular flexibility index (Phi) is 9.25. The van der Waals surface area contributed by atoms with Crippen LogP contribution in [0.1, 0.15) is 72.1 Å². The van der Waals surface area contributed by atoms with Crippen LogP contribution in [0.3, 0.4) is 0 Å². The first-order valence-electron chi connectivity index (χ1n) is 14.0. The SMILES string of the molecule is CNC(=O)[C@@H]1C[C@@H](O)CN1C(=O)[C@@H](N1NNC(COc2ccc(Cl)cc2)C12CCCCCCC2)C(C)(C)C. The van der Waals surface area contributed by atoms with Crippen molar-refractivity contribution in [2.24, 2.45) is 5.41 Å². The fraction of sp³-hybridized carbons (Fsp3) is 0.714. The first-order chi connectivity index (χ1) is 18.1. The van der Waals surface area contributed by atoms with Crippen LogP contribution in [0.4, 0.5) is 0 Å². The first kappa shape index (κ1) is 29.1. The van der Waals surface area contributed by atoms with Gasteiger partial charge in [-0.25, -0.2) is 10.4 Å². The molecule has 2 saturated heterocycles. The number of hydrazine groups is 2. The van der Waals surface area contributed by atoms with Gasteiger partial charge in [0.25, 0.3) is 0 Å². The summed E-state index contributed by atoms with van der Waals surface area (Å²) in [5.41, 5.74) is 6.08. The molecule has 212 valence electrons. The summed E-state index contributed by atoms with van der Waals surface area (Å²) >= 11 is 6.06. The smallest absolute Gasteiger partial charge is 0.242 e. The van der Waals surface area contributed by atoms with Gasteiger partial charge in [0.2, 0.25) is 11.8 Å². The van der Waals surface area contributed by atoms with Crippen molar-refractivity contribution in [2.45, 2.75) is 102 Å². The van der Waals surface area contributed by atoms with Crippen LogP contribution in [0, 0.1) is 5.41 Å². The van der Waals surface area contributed by atoms with Gasteiger partial charge in [0.05, 0.1) is 17.7 Å². The molecule has 2 amide bonds. The van der Waals surface area contributed by atoms with Crippen molar-refractivity contribution in [1.29, 1.82) is 0 Å². The van der Waals surface area contributed by atoms with Crippen LogP contribution in [0.25, 0.3) is 0 Å². The summed E-state index contributed by atoms with van der Waals surface area (Å²) in [5.74, 6) is 0.362. The highest BCUT2D eigenvalue weighted by atomic mass is 35.5. The molecule has 1 unspecified atom stereocenters. The Labute approximate surface area is 231 Å². The molecule has 1 aliphatic carbocycles. The number of benzene rings is 1. The fourth-order valence-electron chi connectivity index (χ4n) is 6.39. The Balaban J connectivity index is 1.65. The summed E-state index contributed by atoms with van der Waals surface area (Å²) in [7, 11) is 1.57. The zero-order chi connectivity index (χ0) is 27.5. The maximum atomic E-state index is 14.3. The van der Waals surface area contributed by atoms with E-state index in [-0.39, 0.29) is 36.4 Å². The van der Waals surface area contributed by atoms with E-state index in [0.29, 0.717) is 11.6 Å². The van der Waals surface area contributed by atoms with Crippen molar-refractivity contribution in [3.63, 3.8) is 0 Å².